The third-order valence-electron chi connectivity index (χ3n) is 5.15. The summed E-state index contributed by atoms with van der Waals surface area (Å²) in [5.41, 5.74) is 0.410. The Kier molecular flexibility index (Phi) is 6.02. The van der Waals surface area contributed by atoms with Crippen LogP contribution in [0, 0.1) is 5.92 Å². The van der Waals surface area contributed by atoms with Gasteiger partial charge in [-0.1, -0.05) is 31.9 Å². The maximum Gasteiger partial charge on any atom is 0.328 e. The molecule has 1 saturated carbocycles. The highest BCUT2D eigenvalue weighted by atomic mass is 32.2. The molecule has 28 heavy (non-hydrogen) atoms. The number of amides is 1. The van der Waals surface area contributed by atoms with Gasteiger partial charge in [0.1, 0.15) is 12.4 Å². The summed E-state index contributed by atoms with van der Waals surface area (Å²) >= 11 is 0. The lowest BCUT2D eigenvalue weighted by Crippen LogP contribution is -2.46. The van der Waals surface area contributed by atoms with Gasteiger partial charge in [0.05, 0.1) is 4.90 Å². The lowest BCUT2D eigenvalue weighted by molar-refractivity contribution is -0.153. The van der Waals surface area contributed by atoms with Crippen molar-refractivity contribution in [2.24, 2.45) is 10.9 Å². The molecule has 1 amide bonds. The van der Waals surface area contributed by atoms with Crippen LogP contribution in [0.2, 0.25) is 0 Å². The van der Waals surface area contributed by atoms with Crippen molar-refractivity contribution in [3.05, 3.63) is 29.8 Å². The first-order valence-electron chi connectivity index (χ1n) is 9.44. The summed E-state index contributed by atoms with van der Waals surface area (Å²) in [5, 5.41) is 2.95. The van der Waals surface area contributed by atoms with Crippen molar-refractivity contribution < 1.29 is 22.7 Å². The van der Waals surface area contributed by atoms with Crippen LogP contribution in [-0.4, -0.2) is 44.8 Å². The van der Waals surface area contributed by atoms with Crippen molar-refractivity contribution in [3.63, 3.8) is 0 Å². The van der Waals surface area contributed by atoms with Crippen molar-refractivity contribution in [2.75, 3.05) is 6.54 Å². The van der Waals surface area contributed by atoms with Gasteiger partial charge >= 0.3 is 5.97 Å². The Bertz CT molecular complexity index is 897. The largest absolute Gasteiger partial charge is 0.451 e. The first kappa shape index (κ1) is 20.3. The smallest absolute Gasteiger partial charge is 0.328 e. The second-order valence-electron chi connectivity index (χ2n) is 7.28. The fraction of sp³-hybridized carbons (Fsp3) is 0.526. The molecule has 1 aliphatic carbocycles. The number of esters is 1. The Morgan fingerprint density at radius 3 is 2.75 bits per heavy atom. The van der Waals surface area contributed by atoms with Crippen LogP contribution in [0.15, 0.2) is 34.2 Å². The Hall–Kier alpha value is -2.42. The minimum absolute atomic E-state index is 0.0979. The van der Waals surface area contributed by atoms with Gasteiger partial charge in [-0.05, 0) is 37.8 Å². The topological polar surface area (TPSA) is 114 Å². The van der Waals surface area contributed by atoms with E-state index in [9.17, 15) is 18.0 Å². The van der Waals surface area contributed by atoms with Gasteiger partial charge in [0.2, 0.25) is 0 Å². The molecule has 2 aliphatic rings. The number of rotatable bonds is 5. The molecule has 0 spiro atoms. The Balaban J connectivity index is 1.56. The molecule has 1 aromatic carbocycles. The quantitative estimate of drug-likeness (QED) is 0.715. The van der Waals surface area contributed by atoms with Crippen LogP contribution in [0.1, 0.15) is 45.1 Å². The molecule has 3 rings (SSSR count). The van der Waals surface area contributed by atoms with Gasteiger partial charge in [0.15, 0.2) is 6.10 Å². The molecule has 0 bridgehead atoms. The zero-order chi connectivity index (χ0) is 20.3. The van der Waals surface area contributed by atoms with Crippen molar-refractivity contribution in [1.82, 2.24) is 10.0 Å². The van der Waals surface area contributed by atoms with Gasteiger partial charge in [-0.3, -0.25) is 19.3 Å². The first-order valence-corrected chi connectivity index (χ1v) is 10.9. The molecular formula is C19H25N3O5S. The number of aliphatic imine (C=N–C) groups is 1. The van der Waals surface area contributed by atoms with Crippen molar-refractivity contribution >= 4 is 27.7 Å². The molecule has 2 N–H and O–H groups in total. The van der Waals surface area contributed by atoms with Crippen molar-refractivity contribution in [1.29, 1.82) is 0 Å². The fourth-order valence-electron chi connectivity index (χ4n) is 3.51. The lowest BCUT2D eigenvalue weighted by atomic mass is 9.86. The molecule has 0 saturated heterocycles. The van der Waals surface area contributed by atoms with E-state index in [0.717, 1.165) is 19.3 Å². The number of amidine groups is 1. The van der Waals surface area contributed by atoms with Gasteiger partial charge in [-0.15, -0.1) is 0 Å². The zero-order valence-electron chi connectivity index (χ0n) is 16.0. The summed E-state index contributed by atoms with van der Waals surface area (Å²) in [5.74, 6) is -0.523. The fourth-order valence-corrected chi connectivity index (χ4v) is 4.76. The second kappa shape index (κ2) is 8.30. The minimum Gasteiger partial charge on any atom is -0.451 e. The molecule has 0 aromatic heterocycles. The van der Waals surface area contributed by atoms with Crippen molar-refractivity contribution in [2.45, 2.75) is 56.6 Å². The summed E-state index contributed by atoms with van der Waals surface area (Å²) in [4.78, 5) is 28.5. The molecule has 9 heteroatoms. The number of sulfonamides is 1. The third-order valence-corrected chi connectivity index (χ3v) is 6.54. The number of benzene rings is 1. The van der Waals surface area contributed by atoms with E-state index in [4.69, 9.17) is 4.74 Å². The predicted octanol–water partition coefficient (Wildman–Crippen LogP) is 1.35. The van der Waals surface area contributed by atoms with Crippen LogP contribution in [0.3, 0.4) is 0 Å². The zero-order valence-corrected chi connectivity index (χ0v) is 16.8. The van der Waals surface area contributed by atoms with Gasteiger partial charge in [0.25, 0.3) is 15.9 Å². The second-order valence-corrected chi connectivity index (χ2v) is 8.93. The Morgan fingerprint density at radius 2 is 2.00 bits per heavy atom. The van der Waals surface area contributed by atoms with Gasteiger partial charge < -0.3 is 10.1 Å². The van der Waals surface area contributed by atoms with E-state index in [-0.39, 0.29) is 29.2 Å². The summed E-state index contributed by atoms with van der Waals surface area (Å²) in [6.45, 7) is 3.24. The van der Waals surface area contributed by atoms with Crippen LogP contribution in [0.25, 0.3) is 0 Å². The van der Waals surface area contributed by atoms with Crippen molar-refractivity contribution in [3.8, 4) is 0 Å². The highest BCUT2D eigenvalue weighted by molar-refractivity contribution is 7.90. The summed E-state index contributed by atoms with van der Waals surface area (Å²) in [7, 11) is -3.66. The Labute approximate surface area is 164 Å². The van der Waals surface area contributed by atoms with Crippen LogP contribution in [0.5, 0.6) is 0 Å². The number of carbonyl (C=O) groups excluding carboxylic acids is 2. The minimum atomic E-state index is -3.66. The van der Waals surface area contributed by atoms with E-state index in [1.807, 2.05) is 0 Å². The van der Waals surface area contributed by atoms with E-state index >= 15 is 0 Å². The maximum absolute atomic E-state index is 12.3. The van der Waals surface area contributed by atoms with Gasteiger partial charge in [-0.2, -0.15) is 0 Å². The molecule has 0 unspecified atom stereocenters. The molecule has 8 nitrogen and oxygen atoms in total. The van der Waals surface area contributed by atoms with Crippen LogP contribution < -0.4 is 10.0 Å². The van der Waals surface area contributed by atoms with Crippen LogP contribution in [0.4, 0.5) is 0 Å². The van der Waals surface area contributed by atoms with E-state index in [0.29, 0.717) is 11.5 Å². The van der Waals surface area contributed by atoms with E-state index in [1.165, 1.54) is 19.4 Å². The maximum atomic E-state index is 12.3. The average Bonchev–Trinajstić information content (AvgIpc) is 2.92. The number of ether oxygens (including phenoxy) is 1. The number of nitrogens with one attached hydrogen (secondary N) is 2. The molecule has 1 aliphatic heterocycles. The van der Waals surface area contributed by atoms with Crippen LogP contribution in [-0.2, 0) is 24.3 Å². The normalized spacial score (nSPS) is 25.4. The standard InChI is InChI=1S/C19H25N3O5S/c1-12-7-3-5-9-15(12)21-19(24)13(2)27-17(23)11-20-18-14-8-4-6-10-16(14)28(25,26)22-18/h4,6,8,10,12-13,15H,3,5,7,9,11H2,1-2H3,(H,20,22)(H,21,24)/t12-,13-,15+/m1/s1. The average molecular weight is 407 g/mol. The number of nitrogens with zero attached hydrogens (tertiary/aromatic N) is 1. The molecule has 1 aromatic rings. The highest BCUT2D eigenvalue weighted by Gasteiger charge is 2.30. The molecule has 1 fully saturated rings. The molecular weight excluding hydrogens is 382 g/mol. The SMILES string of the molecule is C[C@@H]1CCCC[C@@H]1NC(=O)[C@@H](C)OC(=O)CN=C1NS(=O)(=O)c2ccccc21. The van der Waals surface area contributed by atoms with E-state index in [1.54, 1.807) is 18.2 Å². The van der Waals surface area contributed by atoms with E-state index in [2.05, 4.69) is 22.0 Å². The van der Waals surface area contributed by atoms with E-state index < -0.39 is 22.1 Å². The monoisotopic (exact) mass is 407 g/mol. The van der Waals surface area contributed by atoms with Crippen LogP contribution >= 0.6 is 0 Å². The predicted molar refractivity (Wildman–Crippen MR) is 103 cm³/mol. The summed E-state index contributed by atoms with van der Waals surface area (Å²) in [6.07, 6.45) is 3.33. The van der Waals surface area contributed by atoms with Gasteiger partial charge in [0, 0.05) is 11.6 Å². The molecule has 3 atom stereocenters. The molecule has 1 heterocycles. The first-order chi connectivity index (χ1) is 13.3. The number of carbonyl (C=O) groups is 2. The Morgan fingerprint density at radius 1 is 1.29 bits per heavy atom. The van der Waals surface area contributed by atoms with Gasteiger partial charge in [-0.25, -0.2) is 8.42 Å². The summed E-state index contributed by atoms with van der Waals surface area (Å²) < 4.78 is 31.5. The number of hydrogen-bond acceptors (Lipinski definition) is 6. The lowest BCUT2D eigenvalue weighted by Gasteiger charge is -2.30. The third kappa shape index (κ3) is 4.52. The molecule has 152 valence electrons. The highest BCUT2D eigenvalue weighted by Crippen LogP contribution is 2.24. The number of hydrogen-bond donors (Lipinski definition) is 2. The number of fused-ring (bicyclic) bond motifs is 1. The molecule has 0 radical (unpaired) electrons. The summed E-state index contributed by atoms with van der Waals surface area (Å²) in [6, 6.07) is 6.48.